The summed E-state index contributed by atoms with van der Waals surface area (Å²) in [4.78, 5) is 26.2. The maximum Gasteiger partial charge on any atom is 0.353 e. The largest absolute Gasteiger partial charge is 0.477 e. The Bertz CT molecular complexity index is 574. The van der Waals surface area contributed by atoms with Gasteiger partial charge < -0.3 is 9.53 Å². The van der Waals surface area contributed by atoms with E-state index in [0.717, 1.165) is 0 Å². The first-order valence-electron chi connectivity index (χ1n) is 7.65. The number of thioether (sulfide) groups is 1. The van der Waals surface area contributed by atoms with Crippen molar-refractivity contribution in [2.24, 2.45) is 11.3 Å². The predicted molar refractivity (Wildman–Crippen MR) is 94.9 cm³/mol. The molecule has 0 saturated carbocycles. The number of fused-ring (bicyclic) bond motifs is 1. The molecule has 0 unspecified atom stereocenters. The molecule has 1 saturated heterocycles. The summed E-state index contributed by atoms with van der Waals surface area (Å²) in [5.74, 6) is -1.53. The number of amides is 1. The molecular weight excluding hydrogens is 354 g/mol. The van der Waals surface area contributed by atoms with Gasteiger partial charge in [0.05, 0.1) is 17.4 Å². The van der Waals surface area contributed by atoms with Crippen molar-refractivity contribution >= 4 is 44.3 Å². The Hall–Kier alpha value is -0.503. The fraction of sp³-hybridized carbons (Fsp3) is 0.733. The van der Waals surface area contributed by atoms with E-state index in [2.05, 4.69) is 33.9 Å². The number of carboxylic acid groups (broad SMARTS) is 1. The Morgan fingerprint density at radius 2 is 1.96 bits per heavy atom. The lowest BCUT2D eigenvalue weighted by Crippen LogP contribution is -2.69. The maximum atomic E-state index is 12.8. The first-order valence-corrected chi connectivity index (χ1v) is 11.8. The maximum absolute atomic E-state index is 12.8. The minimum atomic E-state index is -1.39. The van der Waals surface area contributed by atoms with Gasteiger partial charge in [-0.15, -0.1) is 23.4 Å². The molecule has 1 amide bonds. The van der Waals surface area contributed by atoms with E-state index in [1.54, 1.807) is 0 Å². The molecule has 0 bridgehead atoms. The third-order valence-electron chi connectivity index (χ3n) is 4.70. The number of carboxylic acids is 1. The van der Waals surface area contributed by atoms with E-state index in [9.17, 15) is 14.7 Å². The topological polar surface area (TPSA) is 66.8 Å². The van der Waals surface area contributed by atoms with Gasteiger partial charge in [0.25, 0.3) is 0 Å². The van der Waals surface area contributed by atoms with Crippen LogP contribution in [0, 0.1) is 11.3 Å². The van der Waals surface area contributed by atoms with Crippen molar-refractivity contribution in [3.8, 4) is 0 Å². The number of hydrogen-bond acceptors (Lipinski definition) is 4. The molecule has 0 aromatic rings. The summed E-state index contributed by atoms with van der Waals surface area (Å²) in [5.41, 5.74) is -0.844. The van der Waals surface area contributed by atoms with Crippen LogP contribution in [0.5, 0.6) is 0 Å². The lowest BCUT2D eigenvalue weighted by molar-refractivity contribution is -0.173. The van der Waals surface area contributed by atoms with E-state index in [0.29, 0.717) is 4.91 Å². The molecule has 0 aliphatic carbocycles. The number of allylic oxidation sites excluding steroid dienone is 1. The van der Waals surface area contributed by atoms with Crippen LogP contribution in [0.2, 0.25) is 13.1 Å². The van der Waals surface area contributed by atoms with Crippen LogP contribution in [-0.4, -0.2) is 47.8 Å². The summed E-state index contributed by atoms with van der Waals surface area (Å²) in [6.45, 7) is 12.3. The number of rotatable bonds is 5. The Labute approximate surface area is 148 Å². The first-order chi connectivity index (χ1) is 10.5. The number of hydrogen-bond donors (Lipinski definition) is 1. The van der Waals surface area contributed by atoms with Gasteiger partial charge >= 0.3 is 5.97 Å². The molecule has 8 heteroatoms. The van der Waals surface area contributed by atoms with Crippen LogP contribution in [0.25, 0.3) is 0 Å². The van der Waals surface area contributed by atoms with Crippen molar-refractivity contribution in [1.29, 1.82) is 0 Å². The Kier molecular flexibility index (Phi) is 4.99. The monoisotopic (exact) mass is 377 g/mol. The number of alkyl halides is 1. The number of nitrogens with zero attached hydrogens (tertiary/aromatic N) is 1. The highest BCUT2D eigenvalue weighted by molar-refractivity contribution is 8.04. The van der Waals surface area contributed by atoms with Gasteiger partial charge in [-0.1, -0.05) is 20.8 Å². The molecule has 0 spiro atoms. The molecule has 130 valence electrons. The normalized spacial score (nSPS) is 27.1. The second-order valence-corrected chi connectivity index (χ2v) is 11.2. The minimum absolute atomic E-state index is 0.0364. The molecule has 1 fully saturated rings. The Morgan fingerprint density at radius 3 is 2.35 bits per heavy atom. The van der Waals surface area contributed by atoms with Gasteiger partial charge in [-0.05, 0) is 25.4 Å². The SMILES string of the molecule is C[SiH](C)O[C@](C)([C@H]1C(=O)N2C(C(=O)O)=C(CCl)S[C@H]12)C(C)(C)C. The van der Waals surface area contributed by atoms with E-state index >= 15 is 0 Å². The fourth-order valence-corrected chi connectivity index (χ4v) is 6.46. The molecule has 5 nitrogen and oxygen atoms in total. The second kappa shape index (κ2) is 6.09. The summed E-state index contributed by atoms with van der Waals surface area (Å²) >= 11 is 7.27. The number of β-lactam (4-membered cyclic amide) rings is 1. The van der Waals surface area contributed by atoms with Crippen molar-refractivity contribution in [3.63, 3.8) is 0 Å². The van der Waals surface area contributed by atoms with Gasteiger partial charge in [0.15, 0.2) is 9.04 Å². The van der Waals surface area contributed by atoms with E-state index in [1.807, 2.05) is 6.92 Å². The molecular formula is C15H24ClNO4SSi. The van der Waals surface area contributed by atoms with Crippen molar-refractivity contribution in [3.05, 3.63) is 10.6 Å². The number of carbonyl (C=O) groups is 2. The summed E-state index contributed by atoms with van der Waals surface area (Å²) < 4.78 is 6.33. The molecule has 2 aliphatic heterocycles. The highest BCUT2D eigenvalue weighted by atomic mass is 35.5. The van der Waals surface area contributed by atoms with Crippen LogP contribution < -0.4 is 0 Å². The van der Waals surface area contributed by atoms with Crippen LogP contribution in [0.4, 0.5) is 0 Å². The van der Waals surface area contributed by atoms with Crippen molar-refractivity contribution in [2.75, 3.05) is 5.88 Å². The van der Waals surface area contributed by atoms with Crippen LogP contribution in [-0.2, 0) is 14.0 Å². The Morgan fingerprint density at radius 1 is 1.39 bits per heavy atom. The van der Waals surface area contributed by atoms with Gasteiger partial charge in [-0.2, -0.15) is 0 Å². The minimum Gasteiger partial charge on any atom is -0.477 e. The van der Waals surface area contributed by atoms with Crippen molar-refractivity contribution in [1.82, 2.24) is 4.90 Å². The molecule has 2 rings (SSSR count). The average Bonchev–Trinajstić information content (AvgIpc) is 2.70. The molecule has 1 N–H and O–H groups in total. The molecule has 0 aromatic heterocycles. The Balaban J connectivity index is 2.38. The fourth-order valence-electron chi connectivity index (χ4n) is 3.19. The number of halogens is 1. The summed E-state index contributed by atoms with van der Waals surface area (Å²) in [7, 11) is -1.39. The smallest absolute Gasteiger partial charge is 0.353 e. The lowest BCUT2D eigenvalue weighted by atomic mass is 9.66. The quantitative estimate of drug-likeness (QED) is 0.453. The second-order valence-electron chi connectivity index (χ2n) is 7.43. The van der Waals surface area contributed by atoms with Crippen molar-refractivity contribution < 1.29 is 19.1 Å². The van der Waals surface area contributed by atoms with Crippen LogP contribution >= 0.6 is 23.4 Å². The summed E-state index contributed by atoms with van der Waals surface area (Å²) in [6.07, 6.45) is 0. The zero-order valence-electron chi connectivity index (χ0n) is 14.3. The van der Waals surface area contributed by atoms with Crippen LogP contribution in [0.1, 0.15) is 27.7 Å². The van der Waals surface area contributed by atoms with Gasteiger partial charge in [0.2, 0.25) is 5.91 Å². The van der Waals surface area contributed by atoms with E-state index in [4.69, 9.17) is 16.0 Å². The predicted octanol–water partition coefficient (Wildman–Crippen LogP) is 2.86. The van der Waals surface area contributed by atoms with E-state index < -0.39 is 20.6 Å². The van der Waals surface area contributed by atoms with Crippen LogP contribution in [0.3, 0.4) is 0 Å². The standard InChI is InChI=1S/C15H24ClNO4SSi/c1-14(2,3)15(4,21-23(5)6)9-11(18)17-10(13(19)20)8(7-16)22-12(9)17/h9,12,23H,7H2,1-6H3,(H,19,20)/t9-,12+,15+/m0/s1. The average molecular weight is 378 g/mol. The third-order valence-corrected chi connectivity index (χ3v) is 7.43. The number of aliphatic carboxylic acids is 1. The lowest BCUT2D eigenvalue weighted by Gasteiger charge is -2.56. The van der Waals surface area contributed by atoms with Gasteiger partial charge in [0, 0.05) is 4.91 Å². The highest BCUT2D eigenvalue weighted by Gasteiger charge is 2.65. The molecule has 2 aliphatic rings. The molecule has 2 heterocycles. The molecule has 23 heavy (non-hydrogen) atoms. The third kappa shape index (κ3) is 2.86. The first kappa shape index (κ1) is 18.8. The zero-order chi connectivity index (χ0) is 17.7. The summed E-state index contributed by atoms with van der Waals surface area (Å²) in [6, 6.07) is 0. The molecule has 0 aromatic carbocycles. The van der Waals surface area contributed by atoms with Crippen molar-refractivity contribution in [2.45, 2.75) is 51.8 Å². The number of carbonyl (C=O) groups excluding carboxylic acids is 1. The van der Waals surface area contributed by atoms with Gasteiger partial charge in [0.1, 0.15) is 11.1 Å². The van der Waals surface area contributed by atoms with Crippen LogP contribution in [0.15, 0.2) is 10.6 Å². The highest BCUT2D eigenvalue weighted by Crippen LogP contribution is 2.56. The van der Waals surface area contributed by atoms with E-state index in [-0.39, 0.29) is 34.2 Å². The summed E-state index contributed by atoms with van der Waals surface area (Å²) in [5, 5.41) is 9.16. The van der Waals surface area contributed by atoms with E-state index in [1.165, 1.54) is 16.7 Å². The zero-order valence-corrected chi connectivity index (χ0v) is 17.1. The van der Waals surface area contributed by atoms with Gasteiger partial charge in [-0.3, -0.25) is 9.69 Å². The molecule has 0 radical (unpaired) electrons. The molecule has 3 atom stereocenters. The van der Waals surface area contributed by atoms with Gasteiger partial charge in [-0.25, -0.2) is 4.79 Å².